The van der Waals surface area contributed by atoms with Crippen LogP contribution in [0.3, 0.4) is 0 Å². The first-order chi connectivity index (χ1) is 12.2. The molecular weight excluding hydrogens is 310 g/mol. The topological polar surface area (TPSA) is 33.9 Å². The summed E-state index contributed by atoms with van der Waals surface area (Å²) in [6.07, 6.45) is 3.34. The van der Waals surface area contributed by atoms with E-state index < -0.39 is 6.10 Å². The third kappa shape index (κ3) is 5.40. The Morgan fingerprint density at radius 2 is 1.56 bits per heavy atom. The van der Waals surface area contributed by atoms with Crippen molar-refractivity contribution < 1.29 is 14.7 Å². The van der Waals surface area contributed by atoms with Gasteiger partial charge in [-0.2, -0.15) is 0 Å². The molecule has 3 heteroatoms. The fraction of sp³-hybridized carbons (Fsp3) is 0.455. The van der Waals surface area contributed by atoms with Crippen molar-refractivity contribution in [3.8, 4) is 0 Å². The van der Waals surface area contributed by atoms with Gasteiger partial charge in [0.05, 0.1) is 19.7 Å². The molecule has 3 nitrogen and oxygen atoms in total. The number of hydrogen-bond acceptors (Lipinski definition) is 2. The molecule has 0 aliphatic carbocycles. The number of quaternary nitrogens is 1. The molecule has 2 N–H and O–H groups in total. The maximum absolute atomic E-state index is 10.4. The number of nitrogens with one attached hydrogen (secondary N) is 1. The van der Waals surface area contributed by atoms with E-state index in [2.05, 4.69) is 43.3 Å². The van der Waals surface area contributed by atoms with Crippen molar-refractivity contribution in [3.63, 3.8) is 0 Å². The number of likely N-dealkylation sites (tertiary alicyclic amines) is 1. The summed E-state index contributed by atoms with van der Waals surface area (Å²) in [6, 6.07) is 18.7. The number of hydrogen-bond donors (Lipinski definition) is 2. The van der Waals surface area contributed by atoms with Gasteiger partial charge in [0.25, 0.3) is 0 Å². The van der Waals surface area contributed by atoms with Gasteiger partial charge in [0, 0.05) is 0 Å². The van der Waals surface area contributed by atoms with Gasteiger partial charge < -0.3 is 14.7 Å². The Morgan fingerprint density at radius 1 is 0.920 bits per heavy atom. The standard InChI is InChI=1S/C22H29NO2/c1-18-10-12-20(13-11-18)22(19-8-4-2-5-9-19)25-17-21(24)16-23-14-6-3-7-15-23/h2,4-5,8-13,21-22,24H,3,6-7,14-17H2,1H3/p+1/t21-,22+/m0/s1. The van der Waals surface area contributed by atoms with Crippen molar-refractivity contribution in [3.05, 3.63) is 71.3 Å². The van der Waals surface area contributed by atoms with Crippen molar-refractivity contribution >= 4 is 0 Å². The molecule has 1 heterocycles. The van der Waals surface area contributed by atoms with E-state index in [1.807, 2.05) is 18.2 Å². The monoisotopic (exact) mass is 340 g/mol. The lowest BCUT2D eigenvalue weighted by Gasteiger charge is -2.27. The fourth-order valence-corrected chi connectivity index (χ4v) is 3.61. The van der Waals surface area contributed by atoms with E-state index in [1.165, 1.54) is 42.8 Å². The molecule has 1 aliphatic rings. The lowest BCUT2D eigenvalue weighted by atomic mass is 10.0. The summed E-state index contributed by atoms with van der Waals surface area (Å²) in [4.78, 5) is 1.51. The van der Waals surface area contributed by atoms with E-state index in [1.54, 1.807) is 0 Å². The largest absolute Gasteiger partial charge is 0.385 e. The number of ether oxygens (including phenoxy) is 1. The molecule has 0 unspecified atom stereocenters. The molecule has 1 saturated heterocycles. The van der Waals surface area contributed by atoms with Gasteiger partial charge in [0.1, 0.15) is 18.8 Å². The van der Waals surface area contributed by atoms with E-state index in [4.69, 9.17) is 4.74 Å². The Bertz CT molecular complexity index is 620. The minimum atomic E-state index is -0.412. The van der Waals surface area contributed by atoms with Crippen molar-refractivity contribution in [2.75, 3.05) is 26.2 Å². The second-order valence-electron chi connectivity index (χ2n) is 7.20. The van der Waals surface area contributed by atoms with Gasteiger partial charge in [0.15, 0.2) is 0 Å². The van der Waals surface area contributed by atoms with Crippen LogP contribution in [0, 0.1) is 6.92 Å². The molecule has 2 atom stereocenters. The molecule has 134 valence electrons. The Hall–Kier alpha value is -1.68. The van der Waals surface area contributed by atoms with Crippen LogP contribution in [0.25, 0.3) is 0 Å². The SMILES string of the molecule is Cc1ccc([C@H](OC[C@@H](O)C[NH+]2CCCCC2)c2ccccc2)cc1. The Labute approximate surface area is 151 Å². The van der Waals surface area contributed by atoms with E-state index in [0.29, 0.717) is 6.61 Å². The number of benzene rings is 2. The minimum absolute atomic E-state index is 0.132. The number of aliphatic hydroxyl groups is 1. The minimum Gasteiger partial charge on any atom is -0.385 e. The van der Waals surface area contributed by atoms with Crippen LogP contribution in [-0.4, -0.2) is 37.5 Å². The third-order valence-electron chi connectivity index (χ3n) is 5.02. The molecule has 0 aromatic heterocycles. The van der Waals surface area contributed by atoms with Crippen molar-refractivity contribution in [2.45, 2.75) is 38.4 Å². The quantitative estimate of drug-likeness (QED) is 0.812. The molecule has 0 amide bonds. The molecule has 0 bridgehead atoms. The maximum Gasteiger partial charge on any atom is 0.126 e. The zero-order valence-electron chi connectivity index (χ0n) is 15.2. The van der Waals surface area contributed by atoms with Gasteiger partial charge in [0.2, 0.25) is 0 Å². The summed E-state index contributed by atoms with van der Waals surface area (Å²) in [5.74, 6) is 0. The molecule has 2 aromatic rings. The average molecular weight is 340 g/mol. The predicted octanol–water partition coefficient (Wildman–Crippen LogP) is 2.53. The van der Waals surface area contributed by atoms with Gasteiger partial charge in [-0.05, 0) is 37.3 Å². The van der Waals surface area contributed by atoms with E-state index in [9.17, 15) is 5.11 Å². The lowest BCUT2D eigenvalue weighted by Crippen LogP contribution is -3.14. The van der Waals surface area contributed by atoms with Gasteiger partial charge in [-0.15, -0.1) is 0 Å². The average Bonchev–Trinajstić information content (AvgIpc) is 2.65. The third-order valence-corrected chi connectivity index (χ3v) is 5.02. The van der Waals surface area contributed by atoms with Crippen LogP contribution >= 0.6 is 0 Å². The number of rotatable bonds is 7. The van der Waals surface area contributed by atoms with Gasteiger partial charge in [-0.3, -0.25) is 0 Å². The second-order valence-corrected chi connectivity index (χ2v) is 7.20. The van der Waals surface area contributed by atoms with Crippen LogP contribution in [0.5, 0.6) is 0 Å². The van der Waals surface area contributed by atoms with Crippen molar-refractivity contribution in [1.82, 2.24) is 0 Å². The number of aliphatic hydroxyl groups excluding tert-OH is 1. The van der Waals surface area contributed by atoms with Gasteiger partial charge >= 0.3 is 0 Å². The van der Waals surface area contributed by atoms with Crippen LogP contribution in [-0.2, 0) is 4.74 Å². The highest BCUT2D eigenvalue weighted by molar-refractivity contribution is 5.31. The molecule has 0 spiro atoms. The van der Waals surface area contributed by atoms with Crippen LogP contribution in [0.2, 0.25) is 0 Å². The first kappa shape index (κ1) is 18.1. The van der Waals surface area contributed by atoms with Crippen molar-refractivity contribution in [2.24, 2.45) is 0 Å². The van der Waals surface area contributed by atoms with Crippen LogP contribution in [0.15, 0.2) is 54.6 Å². The Kier molecular flexibility index (Phi) is 6.62. The first-order valence-corrected chi connectivity index (χ1v) is 9.47. The van der Waals surface area contributed by atoms with Gasteiger partial charge in [-0.25, -0.2) is 0 Å². The van der Waals surface area contributed by atoms with E-state index >= 15 is 0 Å². The molecule has 25 heavy (non-hydrogen) atoms. The van der Waals surface area contributed by atoms with E-state index in [-0.39, 0.29) is 6.10 Å². The number of piperidine rings is 1. The highest BCUT2D eigenvalue weighted by Gasteiger charge is 2.21. The Morgan fingerprint density at radius 3 is 2.24 bits per heavy atom. The molecular formula is C22H30NO2+. The number of aryl methyl sites for hydroxylation is 1. The predicted molar refractivity (Wildman–Crippen MR) is 101 cm³/mol. The second kappa shape index (κ2) is 9.14. The summed E-state index contributed by atoms with van der Waals surface area (Å²) in [7, 11) is 0. The van der Waals surface area contributed by atoms with Crippen molar-refractivity contribution in [1.29, 1.82) is 0 Å². The van der Waals surface area contributed by atoms with E-state index in [0.717, 1.165) is 17.7 Å². The van der Waals surface area contributed by atoms with Crippen LogP contribution < -0.4 is 4.90 Å². The molecule has 3 rings (SSSR count). The fourth-order valence-electron chi connectivity index (χ4n) is 3.61. The molecule has 1 fully saturated rings. The van der Waals surface area contributed by atoms with Crippen LogP contribution in [0.4, 0.5) is 0 Å². The molecule has 2 aromatic carbocycles. The Balaban J connectivity index is 1.64. The molecule has 0 saturated carbocycles. The molecule has 1 aliphatic heterocycles. The zero-order valence-corrected chi connectivity index (χ0v) is 15.2. The van der Waals surface area contributed by atoms with Gasteiger partial charge in [-0.1, -0.05) is 60.2 Å². The lowest BCUT2D eigenvalue weighted by molar-refractivity contribution is -0.908. The van der Waals surface area contributed by atoms with Crippen LogP contribution in [0.1, 0.15) is 42.1 Å². The summed E-state index contributed by atoms with van der Waals surface area (Å²) in [6.45, 7) is 5.61. The maximum atomic E-state index is 10.4. The smallest absolute Gasteiger partial charge is 0.126 e. The summed E-state index contributed by atoms with van der Waals surface area (Å²) >= 11 is 0. The molecule has 0 radical (unpaired) electrons. The highest BCUT2D eigenvalue weighted by Crippen LogP contribution is 2.26. The summed E-state index contributed by atoms with van der Waals surface area (Å²) < 4.78 is 6.19. The normalized spacial score (nSPS) is 18.0. The summed E-state index contributed by atoms with van der Waals surface area (Å²) in [5, 5.41) is 10.4. The highest BCUT2D eigenvalue weighted by atomic mass is 16.5. The zero-order chi connectivity index (χ0) is 17.5. The summed E-state index contributed by atoms with van der Waals surface area (Å²) in [5.41, 5.74) is 3.50. The first-order valence-electron chi connectivity index (χ1n) is 9.47.